The molecule has 2 aromatic heterocycles. The van der Waals surface area contributed by atoms with Crippen molar-refractivity contribution in [2.45, 2.75) is 44.7 Å². The molecule has 0 unspecified atom stereocenters. The van der Waals surface area contributed by atoms with Crippen LogP contribution in [0.5, 0.6) is 0 Å². The van der Waals surface area contributed by atoms with Crippen LogP contribution < -0.4 is 0 Å². The molecule has 9 heteroatoms. The number of rotatable bonds is 7. The van der Waals surface area contributed by atoms with Gasteiger partial charge in [0.05, 0.1) is 30.5 Å². The molecule has 1 aliphatic rings. The average Bonchev–Trinajstić information content (AvgIpc) is 3.19. The van der Waals surface area contributed by atoms with Crippen molar-refractivity contribution in [3.63, 3.8) is 0 Å². The summed E-state index contributed by atoms with van der Waals surface area (Å²) in [4.78, 5) is 10.8. The third kappa shape index (κ3) is 6.11. The second-order valence-corrected chi connectivity index (χ2v) is 7.61. The molecule has 3 heterocycles. The van der Waals surface area contributed by atoms with E-state index in [1.165, 1.54) is 6.07 Å². The fourth-order valence-electron chi connectivity index (χ4n) is 3.64. The first-order valence-corrected chi connectivity index (χ1v) is 10.2. The number of alkyl halides is 3. The van der Waals surface area contributed by atoms with E-state index in [9.17, 15) is 13.2 Å². The number of aromatic nitrogens is 3. The molecule has 0 bridgehead atoms. The number of pyridine rings is 1. The van der Waals surface area contributed by atoms with Crippen molar-refractivity contribution in [3.05, 3.63) is 77.2 Å². The molecule has 0 amide bonds. The third-order valence-corrected chi connectivity index (χ3v) is 5.14. The molecule has 31 heavy (non-hydrogen) atoms. The maximum atomic E-state index is 12.9. The molecule has 0 spiro atoms. The van der Waals surface area contributed by atoms with Crippen LogP contribution in [0, 0.1) is 0 Å². The predicted molar refractivity (Wildman–Crippen MR) is 106 cm³/mol. The van der Waals surface area contributed by atoms with Crippen molar-refractivity contribution >= 4 is 0 Å². The summed E-state index contributed by atoms with van der Waals surface area (Å²) in [7, 11) is 0. The van der Waals surface area contributed by atoms with Crippen LogP contribution >= 0.6 is 0 Å². The lowest BCUT2D eigenvalue weighted by molar-refractivity contribution is -0.137. The van der Waals surface area contributed by atoms with Crippen LogP contribution in [0.15, 0.2) is 53.2 Å². The third-order valence-electron chi connectivity index (χ3n) is 5.14. The molecular formula is C22H23F3N4O2. The molecule has 1 fully saturated rings. The Morgan fingerprint density at radius 3 is 2.87 bits per heavy atom. The molecule has 0 saturated carbocycles. The number of hydrogen-bond acceptors (Lipinski definition) is 6. The van der Waals surface area contributed by atoms with Crippen molar-refractivity contribution < 1.29 is 22.4 Å². The number of benzene rings is 1. The van der Waals surface area contributed by atoms with Crippen LogP contribution in [0.2, 0.25) is 0 Å². The average molecular weight is 432 g/mol. The second kappa shape index (κ2) is 9.57. The zero-order chi connectivity index (χ0) is 21.7. The van der Waals surface area contributed by atoms with Gasteiger partial charge >= 0.3 is 6.18 Å². The fraction of sp³-hybridized carbons (Fsp3) is 0.409. The Hall–Kier alpha value is -2.78. The fourth-order valence-corrected chi connectivity index (χ4v) is 3.64. The zero-order valence-electron chi connectivity index (χ0n) is 16.9. The summed E-state index contributed by atoms with van der Waals surface area (Å²) >= 11 is 0. The minimum atomic E-state index is -4.37. The van der Waals surface area contributed by atoms with Crippen molar-refractivity contribution in [3.8, 4) is 0 Å². The highest BCUT2D eigenvalue weighted by Gasteiger charge is 2.30. The Kier molecular flexibility index (Phi) is 6.62. The van der Waals surface area contributed by atoms with E-state index in [1.807, 2.05) is 18.2 Å². The molecule has 164 valence electrons. The standard InChI is InChI=1S/C22H23F3N4O2/c23-22(24,25)17-6-3-5-16(11-17)12-20-27-21(31-28-20)14-29-10-4-8-19(13-29)30-15-18-7-1-2-9-26-18/h1-3,5-7,9,11,19H,4,8,10,12-15H2/t19-/m0/s1. The summed E-state index contributed by atoms with van der Waals surface area (Å²) in [6, 6.07) is 10.9. The lowest BCUT2D eigenvalue weighted by Gasteiger charge is -2.31. The topological polar surface area (TPSA) is 64.3 Å². The maximum Gasteiger partial charge on any atom is 0.416 e. The Morgan fingerprint density at radius 1 is 1.16 bits per heavy atom. The number of ether oxygens (including phenoxy) is 1. The first kappa shape index (κ1) is 21.5. The summed E-state index contributed by atoms with van der Waals surface area (Å²) in [5.74, 6) is 0.821. The molecule has 1 saturated heterocycles. The van der Waals surface area contributed by atoms with Crippen LogP contribution in [0.3, 0.4) is 0 Å². The van der Waals surface area contributed by atoms with E-state index in [1.54, 1.807) is 12.3 Å². The number of piperidine rings is 1. The lowest BCUT2D eigenvalue weighted by atomic mass is 10.1. The largest absolute Gasteiger partial charge is 0.416 e. The number of hydrogen-bond donors (Lipinski definition) is 0. The molecule has 1 atom stereocenters. The van der Waals surface area contributed by atoms with Crippen LogP contribution in [-0.2, 0) is 30.5 Å². The van der Waals surface area contributed by atoms with Crippen LogP contribution in [-0.4, -0.2) is 39.2 Å². The van der Waals surface area contributed by atoms with Crippen molar-refractivity contribution in [1.82, 2.24) is 20.0 Å². The van der Waals surface area contributed by atoms with Crippen LogP contribution in [0.1, 0.15) is 41.4 Å². The van der Waals surface area contributed by atoms with Crippen molar-refractivity contribution in [2.75, 3.05) is 13.1 Å². The first-order valence-electron chi connectivity index (χ1n) is 10.2. The van der Waals surface area contributed by atoms with Gasteiger partial charge in [-0.2, -0.15) is 18.2 Å². The van der Waals surface area contributed by atoms with Gasteiger partial charge in [-0.15, -0.1) is 0 Å². The van der Waals surface area contributed by atoms with Gasteiger partial charge in [-0.3, -0.25) is 9.88 Å². The smallest absolute Gasteiger partial charge is 0.371 e. The number of nitrogens with zero attached hydrogens (tertiary/aromatic N) is 4. The van der Waals surface area contributed by atoms with Crippen molar-refractivity contribution in [2.24, 2.45) is 0 Å². The minimum absolute atomic E-state index is 0.100. The summed E-state index contributed by atoms with van der Waals surface area (Å²) in [5.41, 5.74) is 0.706. The Balaban J connectivity index is 1.30. The van der Waals surface area contributed by atoms with E-state index in [-0.39, 0.29) is 12.5 Å². The van der Waals surface area contributed by atoms with Crippen LogP contribution in [0.4, 0.5) is 13.2 Å². The SMILES string of the molecule is FC(F)(F)c1cccc(Cc2noc(CN3CCC[C@H](OCc4ccccn4)C3)n2)c1. The van der Waals surface area contributed by atoms with Crippen LogP contribution in [0.25, 0.3) is 0 Å². The van der Waals surface area contributed by atoms with Gasteiger partial charge < -0.3 is 9.26 Å². The van der Waals surface area contributed by atoms with Gasteiger partial charge in [0.15, 0.2) is 5.82 Å². The van der Waals surface area contributed by atoms with Gasteiger partial charge in [-0.1, -0.05) is 29.4 Å². The van der Waals surface area contributed by atoms with E-state index in [4.69, 9.17) is 9.26 Å². The first-order chi connectivity index (χ1) is 15.0. The highest BCUT2D eigenvalue weighted by atomic mass is 19.4. The molecule has 1 aromatic carbocycles. The van der Waals surface area contributed by atoms with Crippen molar-refractivity contribution in [1.29, 1.82) is 0 Å². The quantitative estimate of drug-likeness (QED) is 0.556. The van der Waals surface area contributed by atoms with Gasteiger partial charge in [0.1, 0.15) is 0 Å². The highest BCUT2D eigenvalue weighted by Crippen LogP contribution is 2.29. The predicted octanol–water partition coefficient (Wildman–Crippen LogP) is 4.26. The normalized spacial score (nSPS) is 17.7. The molecule has 0 aliphatic carbocycles. The number of likely N-dealkylation sites (tertiary alicyclic amines) is 1. The molecule has 4 rings (SSSR count). The second-order valence-electron chi connectivity index (χ2n) is 7.61. The Bertz CT molecular complexity index is 978. The van der Waals surface area contributed by atoms with Gasteiger partial charge in [-0.25, -0.2) is 0 Å². The molecule has 0 radical (unpaired) electrons. The van der Waals surface area contributed by atoms with E-state index < -0.39 is 11.7 Å². The summed E-state index contributed by atoms with van der Waals surface area (Å²) in [5, 5.41) is 3.93. The molecule has 1 aliphatic heterocycles. The van der Waals surface area contributed by atoms with Gasteiger partial charge in [0, 0.05) is 19.2 Å². The van der Waals surface area contributed by atoms with E-state index in [2.05, 4.69) is 20.0 Å². The van der Waals surface area contributed by atoms with Gasteiger partial charge in [-0.05, 0) is 43.1 Å². The molecular weight excluding hydrogens is 409 g/mol. The lowest BCUT2D eigenvalue weighted by Crippen LogP contribution is -2.39. The van der Waals surface area contributed by atoms with E-state index in [0.717, 1.165) is 43.8 Å². The summed E-state index contributed by atoms with van der Waals surface area (Å²) < 4.78 is 50.0. The van der Waals surface area contributed by atoms with Gasteiger partial charge in [0.25, 0.3) is 0 Å². The molecule has 6 nitrogen and oxygen atoms in total. The van der Waals surface area contributed by atoms with Gasteiger partial charge in [0.2, 0.25) is 5.89 Å². The Labute approximate surface area is 178 Å². The van der Waals surface area contributed by atoms with E-state index in [0.29, 0.717) is 30.4 Å². The Morgan fingerprint density at radius 2 is 2.06 bits per heavy atom. The zero-order valence-corrected chi connectivity index (χ0v) is 16.9. The number of halogens is 3. The molecule has 3 aromatic rings. The monoisotopic (exact) mass is 432 g/mol. The summed E-state index contributed by atoms with van der Waals surface area (Å²) in [6.45, 7) is 2.60. The summed E-state index contributed by atoms with van der Waals surface area (Å²) in [6.07, 6.45) is -0.362. The maximum absolute atomic E-state index is 12.9. The highest BCUT2D eigenvalue weighted by molar-refractivity contribution is 5.27. The minimum Gasteiger partial charge on any atom is -0.371 e. The molecule has 0 N–H and O–H groups in total. The van der Waals surface area contributed by atoms with E-state index >= 15 is 0 Å².